The molecular weight excluding hydrogens is 230 g/mol. The smallest absolute Gasteiger partial charge is 0.124 e. The van der Waals surface area contributed by atoms with Gasteiger partial charge in [0, 0.05) is 28.9 Å². The number of nitrogens with two attached hydrogens (primary N) is 1. The fourth-order valence-corrected chi connectivity index (χ4v) is 2.82. The largest absolute Gasteiger partial charge is 0.323 e. The summed E-state index contributed by atoms with van der Waals surface area (Å²) in [5.74, 6) is 0. The second kappa shape index (κ2) is 5.38. The lowest BCUT2D eigenvalue weighted by Gasteiger charge is -2.03. The molecule has 0 amide bonds. The molecule has 4 heteroatoms. The quantitative estimate of drug-likeness (QED) is 0.902. The molecule has 0 aliphatic carbocycles. The summed E-state index contributed by atoms with van der Waals surface area (Å²) in [6, 6.07) is 4.03. The van der Waals surface area contributed by atoms with E-state index in [1.807, 2.05) is 19.1 Å². The standard InChI is InChI=1S/C13H17N3S/c1-3-4-11-12(9(2)14)17-13(16-11)10-5-7-15-8-6-10/h5-9H,3-4,14H2,1-2H3. The van der Waals surface area contributed by atoms with Crippen molar-refractivity contribution in [2.75, 3.05) is 0 Å². The Balaban J connectivity index is 2.40. The number of hydrogen-bond donors (Lipinski definition) is 1. The molecule has 3 nitrogen and oxygen atoms in total. The molecule has 0 radical (unpaired) electrons. The van der Waals surface area contributed by atoms with Crippen LogP contribution in [0.25, 0.3) is 10.6 Å². The van der Waals surface area contributed by atoms with Crippen molar-refractivity contribution in [3.63, 3.8) is 0 Å². The molecule has 0 spiro atoms. The maximum atomic E-state index is 5.99. The van der Waals surface area contributed by atoms with Gasteiger partial charge in [0.05, 0.1) is 5.69 Å². The Kier molecular flexibility index (Phi) is 3.86. The molecule has 0 aliphatic heterocycles. The summed E-state index contributed by atoms with van der Waals surface area (Å²) in [6.45, 7) is 4.18. The molecule has 1 atom stereocenters. The van der Waals surface area contributed by atoms with Gasteiger partial charge in [0.2, 0.25) is 0 Å². The first-order valence-electron chi connectivity index (χ1n) is 5.88. The minimum Gasteiger partial charge on any atom is -0.323 e. The van der Waals surface area contributed by atoms with E-state index in [1.54, 1.807) is 23.7 Å². The van der Waals surface area contributed by atoms with Crippen LogP contribution in [-0.4, -0.2) is 9.97 Å². The summed E-state index contributed by atoms with van der Waals surface area (Å²) in [7, 11) is 0. The van der Waals surface area contributed by atoms with Crippen LogP contribution in [0.1, 0.15) is 36.9 Å². The zero-order valence-corrected chi connectivity index (χ0v) is 11.0. The van der Waals surface area contributed by atoms with Crippen molar-refractivity contribution in [1.29, 1.82) is 0 Å². The van der Waals surface area contributed by atoms with Gasteiger partial charge in [0.1, 0.15) is 5.01 Å². The molecule has 0 bridgehead atoms. The third-order valence-corrected chi connectivity index (χ3v) is 3.90. The van der Waals surface area contributed by atoms with E-state index >= 15 is 0 Å². The van der Waals surface area contributed by atoms with E-state index in [9.17, 15) is 0 Å². The van der Waals surface area contributed by atoms with Crippen molar-refractivity contribution in [1.82, 2.24) is 9.97 Å². The Morgan fingerprint density at radius 2 is 2.06 bits per heavy atom. The van der Waals surface area contributed by atoms with Crippen LogP contribution < -0.4 is 5.73 Å². The summed E-state index contributed by atoms with van der Waals surface area (Å²) < 4.78 is 0. The summed E-state index contributed by atoms with van der Waals surface area (Å²) in [4.78, 5) is 9.93. The molecule has 2 heterocycles. The minimum absolute atomic E-state index is 0.0598. The third-order valence-electron chi connectivity index (χ3n) is 2.56. The van der Waals surface area contributed by atoms with Gasteiger partial charge in [-0.15, -0.1) is 11.3 Å². The predicted octanol–water partition coefficient (Wildman–Crippen LogP) is 3.18. The number of aromatic nitrogens is 2. The van der Waals surface area contributed by atoms with Crippen LogP contribution in [0.2, 0.25) is 0 Å². The molecule has 2 rings (SSSR count). The maximum absolute atomic E-state index is 5.99. The monoisotopic (exact) mass is 247 g/mol. The van der Waals surface area contributed by atoms with Gasteiger partial charge < -0.3 is 5.73 Å². The maximum Gasteiger partial charge on any atom is 0.124 e. The van der Waals surface area contributed by atoms with E-state index in [2.05, 4.69) is 11.9 Å². The third kappa shape index (κ3) is 2.70. The summed E-state index contributed by atoms with van der Waals surface area (Å²) in [5.41, 5.74) is 8.27. The summed E-state index contributed by atoms with van der Waals surface area (Å²) in [6.07, 6.45) is 5.68. The van der Waals surface area contributed by atoms with Crippen LogP contribution in [-0.2, 0) is 6.42 Å². The second-order valence-electron chi connectivity index (χ2n) is 4.10. The van der Waals surface area contributed by atoms with Gasteiger partial charge in [-0.25, -0.2) is 4.98 Å². The normalized spacial score (nSPS) is 12.6. The Morgan fingerprint density at radius 3 is 2.65 bits per heavy atom. The Hall–Kier alpha value is -1.26. The second-order valence-corrected chi connectivity index (χ2v) is 5.14. The van der Waals surface area contributed by atoms with Crippen molar-refractivity contribution >= 4 is 11.3 Å². The molecule has 0 aromatic carbocycles. The molecule has 17 heavy (non-hydrogen) atoms. The van der Waals surface area contributed by atoms with Gasteiger partial charge in [-0.2, -0.15) is 0 Å². The number of hydrogen-bond acceptors (Lipinski definition) is 4. The van der Waals surface area contributed by atoms with Gasteiger partial charge in [-0.1, -0.05) is 13.3 Å². The van der Waals surface area contributed by atoms with E-state index in [4.69, 9.17) is 10.7 Å². The first-order chi connectivity index (χ1) is 8.22. The fourth-order valence-electron chi connectivity index (χ4n) is 1.75. The van der Waals surface area contributed by atoms with Gasteiger partial charge >= 0.3 is 0 Å². The average molecular weight is 247 g/mol. The molecule has 0 aliphatic rings. The van der Waals surface area contributed by atoms with Crippen LogP contribution >= 0.6 is 11.3 Å². The van der Waals surface area contributed by atoms with Crippen LogP contribution in [0.15, 0.2) is 24.5 Å². The number of pyridine rings is 1. The molecule has 0 saturated carbocycles. The Morgan fingerprint density at radius 1 is 1.35 bits per heavy atom. The number of nitrogens with zero attached hydrogens (tertiary/aromatic N) is 2. The van der Waals surface area contributed by atoms with Gasteiger partial charge in [-0.3, -0.25) is 4.98 Å². The highest BCUT2D eigenvalue weighted by molar-refractivity contribution is 7.15. The number of rotatable bonds is 4. The number of aryl methyl sites for hydroxylation is 1. The van der Waals surface area contributed by atoms with E-state index in [0.29, 0.717) is 0 Å². The van der Waals surface area contributed by atoms with Crippen molar-refractivity contribution in [3.05, 3.63) is 35.1 Å². The van der Waals surface area contributed by atoms with E-state index in [0.717, 1.165) is 29.1 Å². The highest BCUT2D eigenvalue weighted by atomic mass is 32.1. The Labute approximate surface area is 106 Å². The lowest BCUT2D eigenvalue weighted by atomic mass is 10.2. The summed E-state index contributed by atoms with van der Waals surface area (Å²) in [5, 5.41) is 1.04. The predicted molar refractivity (Wildman–Crippen MR) is 71.9 cm³/mol. The Bertz CT molecular complexity index is 477. The van der Waals surface area contributed by atoms with Gasteiger partial charge in [0.15, 0.2) is 0 Å². The minimum atomic E-state index is 0.0598. The molecule has 0 fully saturated rings. The van der Waals surface area contributed by atoms with Crippen molar-refractivity contribution in [3.8, 4) is 10.6 Å². The zero-order valence-electron chi connectivity index (χ0n) is 10.2. The van der Waals surface area contributed by atoms with Crippen LogP contribution in [0.3, 0.4) is 0 Å². The van der Waals surface area contributed by atoms with E-state index in [1.165, 1.54) is 4.88 Å². The molecular formula is C13H17N3S. The first-order valence-corrected chi connectivity index (χ1v) is 6.69. The molecule has 2 N–H and O–H groups in total. The van der Waals surface area contributed by atoms with Crippen LogP contribution in [0, 0.1) is 0 Å². The van der Waals surface area contributed by atoms with Gasteiger partial charge in [-0.05, 0) is 25.5 Å². The molecule has 2 aromatic heterocycles. The lowest BCUT2D eigenvalue weighted by Crippen LogP contribution is -2.05. The lowest BCUT2D eigenvalue weighted by molar-refractivity contribution is 0.793. The highest BCUT2D eigenvalue weighted by Crippen LogP contribution is 2.31. The summed E-state index contributed by atoms with van der Waals surface area (Å²) >= 11 is 1.70. The molecule has 90 valence electrons. The van der Waals surface area contributed by atoms with Crippen molar-refractivity contribution < 1.29 is 0 Å². The van der Waals surface area contributed by atoms with E-state index in [-0.39, 0.29) is 6.04 Å². The van der Waals surface area contributed by atoms with Gasteiger partial charge in [0.25, 0.3) is 0 Å². The van der Waals surface area contributed by atoms with Crippen molar-refractivity contribution in [2.45, 2.75) is 32.7 Å². The highest BCUT2D eigenvalue weighted by Gasteiger charge is 2.14. The van der Waals surface area contributed by atoms with Crippen LogP contribution in [0.5, 0.6) is 0 Å². The van der Waals surface area contributed by atoms with Crippen molar-refractivity contribution in [2.24, 2.45) is 5.73 Å². The topological polar surface area (TPSA) is 51.8 Å². The average Bonchev–Trinajstić information content (AvgIpc) is 2.75. The molecule has 2 aromatic rings. The molecule has 0 saturated heterocycles. The SMILES string of the molecule is CCCc1nc(-c2ccncc2)sc1C(C)N. The van der Waals surface area contributed by atoms with E-state index < -0.39 is 0 Å². The number of thiazole rings is 1. The zero-order chi connectivity index (χ0) is 12.3. The van der Waals surface area contributed by atoms with Crippen LogP contribution in [0.4, 0.5) is 0 Å². The fraction of sp³-hybridized carbons (Fsp3) is 0.385. The first kappa shape index (κ1) is 12.2. The molecule has 1 unspecified atom stereocenters.